The van der Waals surface area contributed by atoms with E-state index in [-0.39, 0.29) is 0 Å². The number of nitrogens with one attached hydrogen (secondary N) is 1. The Hall–Kier alpha value is -2.61. The van der Waals surface area contributed by atoms with Crippen molar-refractivity contribution >= 4 is 17.3 Å². The van der Waals surface area contributed by atoms with E-state index in [0.717, 1.165) is 5.69 Å². The minimum absolute atomic E-state index is 0.576. The SMILES string of the molecule is Cc1cc(C)cc(Nc2cc(N(C)C#N)nc(C)n2)c1. The highest BCUT2D eigenvalue weighted by atomic mass is 15.2. The molecule has 2 aromatic rings. The zero-order chi connectivity index (χ0) is 14.7. The first-order valence-corrected chi connectivity index (χ1v) is 6.32. The lowest BCUT2D eigenvalue weighted by Crippen LogP contribution is -2.12. The van der Waals surface area contributed by atoms with Crippen LogP contribution in [0, 0.1) is 32.2 Å². The van der Waals surface area contributed by atoms with E-state index in [9.17, 15) is 0 Å². The average Bonchev–Trinajstić information content (AvgIpc) is 2.35. The number of hydrogen-bond acceptors (Lipinski definition) is 5. The summed E-state index contributed by atoms with van der Waals surface area (Å²) in [6.45, 7) is 5.91. The second kappa shape index (κ2) is 5.57. The highest BCUT2D eigenvalue weighted by molar-refractivity contribution is 5.61. The number of nitriles is 1. The van der Waals surface area contributed by atoms with E-state index >= 15 is 0 Å². The summed E-state index contributed by atoms with van der Waals surface area (Å²) in [5, 5.41) is 12.2. The summed E-state index contributed by atoms with van der Waals surface area (Å²) in [5.41, 5.74) is 3.35. The molecule has 0 bridgehead atoms. The monoisotopic (exact) mass is 267 g/mol. The van der Waals surface area contributed by atoms with Crippen LogP contribution in [0.5, 0.6) is 0 Å². The Balaban J connectivity index is 2.34. The average molecular weight is 267 g/mol. The van der Waals surface area contributed by atoms with Gasteiger partial charge in [-0.3, -0.25) is 4.90 Å². The first-order chi connectivity index (χ1) is 9.47. The van der Waals surface area contributed by atoms with Crippen LogP contribution in [0.3, 0.4) is 0 Å². The summed E-state index contributed by atoms with van der Waals surface area (Å²) in [7, 11) is 1.67. The number of benzene rings is 1. The Morgan fingerprint density at radius 2 is 1.70 bits per heavy atom. The molecular weight excluding hydrogens is 250 g/mol. The summed E-state index contributed by atoms with van der Waals surface area (Å²) >= 11 is 0. The largest absolute Gasteiger partial charge is 0.340 e. The zero-order valence-electron chi connectivity index (χ0n) is 12.1. The van der Waals surface area contributed by atoms with Crippen molar-refractivity contribution in [1.29, 1.82) is 5.26 Å². The van der Waals surface area contributed by atoms with Crippen LogP contribution in [0.2, 0.25) is 0 Å². The molecule has 102 valence electrons. The lowest BCUT2D eigenvalue weighted by molar-refractivity contribution is 1.02. The normalized spacial score (nSPS) is 9.95. The second-order valence-corrected chi connectivity index (χ2v) is 4.82. The first kappa shape index (κ1) is 13.8. The van der Waals surface area contributed by atoms with Gasteiger partial charge in [0.2, 0.25) is 0 Å². The van der Waals surface area contributed by atoms with Crippen LogP contribution in [0.1, 0.15) is 17.0 Å². The van der Waals surface area contributed by atoms with Gasteiger partial charge >= 0.3 is 0 Å². The van der Waals surface area contributed by atoms with Crippen LogP contribution in [0.25, 0.3) is 0 Å². The van der Waals surface area contributed by atoms with Gasteiger partial charge in [0.15, 0.2) is 6.19 Å². The Kier molecular flexibility index (Phi) is 3.85. The quantitative estimate of drug-likeness (QED) is 0.684. The number of aryl methyl sites for hydroxylation is 3. The maximum absolute atomic E-state index is 8.93. The lowest BCUT2D eigenvalue weighted by atomic mass is 10.1. The van der Waals surface area contributed by atoms with Gasteiger partial charge in [0.25, 0.3) is 0 Å². The van der Waals surface area contributed by atoms with E-state index < -0.39 is 0 Å². The first-order valence-electron chi connectivity index (χ1n) is 6.32. The fourth-order valence-corrected chi connectivity index (χ4v) is 2.03. The van der Waals surface area contributed by atoms with E-state index in [1.54, 1.807) is 20.0 Å². The predicted molar refractivity (Wildman–Crippen MR) is 80.0 cm³/mol. The molecule has 0 saturated heterocycles. The van der Waals surface area contributed by atoms with Crippen molar-refractivity contribution in [3.8, 4) is 6.19 Å². The molecule has 2 rings (SSSR count). The summed E-state index contributed by atoms with van der Waals surface area (Å²) in [6, 6.07) is 7.98. The molecule has 0 fully saturated rings. The molecule has 5 nitrogen and oxygen atoms in total. The summed E-state index contributed by atoms with van der Waals surface area (Å²) < 4.78 is 0. The zero-order valence-corrected chi connectivity index (χ0v) is 12.1. The molecule has 0 amide bonds. The molecule has 1 heterocycles. The summed E-state index contributed by atoms with van der Waals surface area (Å²) in [6.07, 6.45) is 2.03. The van der Waals surface area contributed by atoms with E-state index in [0.29, 0.717) is 17.5 Å². The van der Waals surface area contributed by atoms with Gasteiger partial charge in [0.1, 0.15) is 17.5 Å². The van der Waals surface area contributed by atoms with Gasteiger partial charge in [-0.15, -0.1) is 0 Å². The van der Waals surface area contributed by atoms with Crippen LogP contribution >= 0.6 is 0 Å². The van der Waals surface area contributed by atoms with Crippen molar-refractivity contribution in [3.05, 3.63) is 41.2 Å². The third-order valence-electron chi connectivity index (χ3n) is 2.81. The van der Waals surface area contributed by atoms with Crippen molar-refractivity contribution < 1.29 is 0 Å². The highest BCUT2D eigenvalue weighted by Gasteiger charge is 2.06. The van der Waals surface area contributed by atoms with Crippen molar-refractivity contribution in [1.82, 2.24) is 9.97 Å². The standard InChI is InChI=1S/C15H17N5/c1-10-5-11(2)7-13(6-10)19-14-8-15(20(4)9-16)18-12(3)17-14/h5-8H,1-4H3,(H,17,18,19). The molecule has 1 aromatic carbocycles. The molecule has 5 heteroatoms. The summed E-state index contributed by atoms with van der Waals surface area (Å²) in [4.78, 5) is 9.98. The summed E-state index contributed by atoms with van der Waals surface area (Å²) in [5.74, 6) is 1.88. The molecule has 0 saturated carbocycles. The van der Waals surface area contributed by atoms with Gasteiger partial charge in [-0.05, 0) is 44.0 Å². The number of aromatic nitrogens is 2. The molecule has 0 atom stereocenters. The second-order valence-electron chi connectivity index (χ2n) is 4.82. The third kappa shape index (κ3) is 3.23. The predicted octanol–water partition coefficient (Wildman–Crippen LogP) is 3.06. The Bertz CT molecular complexity index is 652. The molecule has 0 aliphatic heterocycles. The van der Waals surface area contributed by atoms with E-state index in [1.165, 1.54) is 16.0 Å². The molecule has 1 N–H and O–H groups in total. The van der Waals surface area contributed by atoms with E-state index in [2.05, 4.69) is 47.3 Å². The van der Waals surface area contributed by atoms with Gasteiger partial charge in [-0.25, -0.2) is 9.97 Å². The van der Waals surface area contributed by atoms with Crippen LogP contribution in [0.4, 0.5) is 17.3 Å². The smallest absolute Gasteiger partial charge is 0.185 e. The van der Waals surface area contributed by atoms with Crippen molar-refractivity contribution in [2.24, 2.45) is 0 Å². The number of rotatable bonds is 3. The third-order valence-corrected chi connectivity index (χ3v) is 2.81. The van der Waals surface area contributed by atoms with E-state index in [4.69, 9.17) is 5.26 Å². The molecule has 0 aliphatic rings. The molecule has 0 aliphatic carbocycles. The molecule has 1 aromatic heterocycles. The fraction of sp³-hybridized carbons (Fsp3) is 0.267. The van der Waals surface area contributed by atoms with Crippen LogP contribution in [-0.2, 0) is 0 Å². The number of hydrogen-bond donors (Lipinski definition) is 1. The fourth-order valence-electron chi connectivity index (χ4n) is 2.03. The van der Waals surface area contributed by atoms with Gasteiger partial charge in [0.05, 0.1) is 0 Å². The van der Waals surface area contributed by atoms with Crippen LogP contribution in [-0.4, -0.2) is 17.0 Å². The highest BCUT2D eigenvalue weighted by Crippen LogP contribution is 2.21. The van der Waals surface area contributed by atoms with Crippen molar-refractivity contribution in [3.63, 3.8) is 0 Å². The minimum Gasteiger partial charge on any atom is -0.340 e. The number of nitrogens with zero attached hydrogens (tertiary/aromatic N) is 4. The Morgan fingerprint density at radius 1 is 1.05 bits per heavy atom. The molecular formula is C15H17N5. The van der Waals surface area contributed by atoms with Crippen molar-refractivity contribution in [2.75, 3.05) is 17.3 Å². The molecule has 20 heavy (non-hydrogen) atoms. The maximum atomic E-state index is 8.93. The van der Waals surface area contributed by atoms with Gasteiger partial charge in [-0.2, -0.15) is 5.26 Å². The molecule has 0 radical (unpaired) electrons. The van der Waals surface area contributed by atoms with Gasteiger partial charge < -0.3 is 5.32 Å². The molecule has 0 spiro atoms. The lowest BCUT2D eigenvalue weighted by Gasteiger charge is -2.12. The number of anilines is 3. The minimum atomic E-state index is 0.576. The van der Waals surface area contributed by atoms with Crippen molar-refractivity contribution in [2.45, 2.75) is 20.8 Å². The van der Waals surface area contributed by atoms with Gasteiger partial charge in [0, 0.05) is 18.8 Å². The topological polar surface area (TPSA) is 64.8 Å². The molecule has 0 unspecified atom stereocenters. The van der Waals surface area contributed by atoms with Gasteiger partial charge in [-0.1, -0.05) is 6.07 Å². The van der Waals surface area contributed by atoms with E-state index in [1.807, 2.05) is 6.19 Å². The Morgan fingerprint density at radius 3 is 2.30 bits per heavy atom. The van der Waals surface area contributed by atoms with Crippen LogP contribution < -0.4 is 10.2 Å². The Labute approximate surface area is 118 Å². The van der Waals surface area contributed by atoms with Crippen LogP contribution in [0.15, 0.2) is 24.3 Å². The maximum Gasteiger partial charge on any atom is 0.185 e.